The van der Waals surface area contributed by atoms with E-state index in [1.807, 2.05) is 11.3 Å². The summed E-state index contributed by atoms with van der Waals surface area (Å²) in [5.74, 6) is 0. The Labute approximate surface area is 317 Å². The van der Waals surface area contributed by atoms with Crippen LogP contribution in [0.5, 0.6) is 0 Å². The molecular formula is C52H33NS. The largest absolute Gasteiger partial charge is 0.310 e. The number of fused-ring (bicyclic) bond motifs is 10. The lowest BCUT2D eigenvalue weighted by Gasteiger charge is -2.27. The van der Waals surface area contributed by atoms with Gasteiger partial charge in [0.15, 0.2) is 0 Å². The fraction of sp³-hybridized carbons (Fsp3) is 0. The Morgan fingerprint density at radius 1 is 0.315 bits per heavy atom. The molecular weight excluding hydrogens is 671 g/mol. The highest BCUT2D eigenvalue weighted by atomic mass is 32.1. The van der Waals surface area contributed by atoms with Gasteiger partial charge in [-0.1, -0.05) is 158 Å². The fourth-order valence-corrected chi connectivity index (χ4v) is 9.63. The normalized spacial score (nSPS) is 11.7. The van der Waals surface area contributed by atoms with Crippen molar-refractivity contribution in [3.05, 3.63) is 200 Å². The molecule has 10 aromatic carbocycles. The quantitative estimate of drug-likeness (QED) is 0.161. The summed E-state index contributed by atoms with van der Waals surface area (Å²) in [5, 5.41) is 12.9. The molecule has 1 heterocycles. The molecule has 0 N–H and O–H groups in total. The van der Waals surface area contributed by atoms with Crippen molar-refractivity contribution in [2.24, 2.45) is 0 Å². The van der Waals surface area contributed by atoms with Crippen LogP contribution in [-0.2, 0) is 0 Å². The van der Waals surface area contributed by atoms with Gasteiger partial charge >= 0.3 is 0 Å². The molecule has 0 fully saturated rings. The molecule has 0 unspecified atom stereocenters. The van der Waals surface area contributed by atoms with Gasteiger partial charge in [0.05, 0.1) is 5.69 Å². The molecule has 0 spiro atoms. The van der Waals surface area contributed by atoms with E-state index in [1.165, 1.54) is 85.5 Å². The molecule has 11 rings (SSSR count). The molecule has 0 aliphatic carbocycles. The smallest absolute Gasteiger partial charge is 0.0540 e. The van der Waals surface area contributed by atoms with Crippen molar-refractivity contribution >= 4 is 91.7 Å². The van der Waals surface area contributed by atoms with Crippen molar-refractivity contribution in [1.29, 1.82) is 0 Å². The van der Waals surface area contributed by atoms with Crippen LogP contribution < -0.4 is 4.90 Å². The first-order valence-corrected chi connectivity index (χ1v) is 19.3. The zero-order valence-corrected chi connectivity index (χ0v) is 30.2. The third-order valence-electron chi connectivity index (χ3n) is 11.0. The van der Waals surface area contributed by atoms with Crippen LogP contribution in [0.25, 0.3) is 85.5 Å². The van der Waals surface area contributed by atoms with Gasteiger partial charge in [-0.25, -0.2) is 0 Å². The molecule has 1 aromatic heterocycles. The summed E-state index contributed by atoms with van der Waals surface area (Å²) >= 11 is 1.89. The third-order valence-corrected chi connectivity index (χ3v) is 12.3. The van der Waals surface area contributed by atoms with E-state index in [0.717, 1.165) is 17.1 Å². The Hall–Kier alpha value is -6.74. The first-order valence-electron chi connectivity index (χ1n) is 18.5. The van der Waals surface area contributed by atoms with Crippen LogP contribution in [0.15, 0.2) is 200 Å². The maximum Gasteiger partial charge on any atom is 0.0540 e. The molecule has 0 atom stereocenters. The van der Waals surface area contributed by atoms with Crippen LogP contribution in [0.3, 0.4) is 0 Å². The van der Waals surface area contributed by atoms with Crippen molar-refractivity contribution in [3.8, 4) is 22.3 Å². The molecule has 2 heteroatoms. The Kier molecular flexibility index (Phi) is 7.11. The van der Waals surface area contributed by atoms with Gasteiger partial charge in [-0.15, -0.1) is 11.3 Å². The number of thiophene rings is 1. The topological polar surface area (TPSA) is 3.24 Å². The third kappa shape index (κ3) is 4.99. The van der Waals surface area contributed by atoms with Crippen LogP contribution in [0, 0.1) is 0 Å². The second-order valence-electron chi connectivity index (χ2n) is 14.1. The molecule has 0 bridgehead atoms. The van der Waals surface area contributed by atoms with Crippen LogP contribution in [0.1, 0.15) is 0 Å². The molecule has 0 radical (unpaired) electrons. The van der Waals surface area contributed by atoms with Gasteiger partial charge in [0.2, 0.25) is 0 Å². The van der Waals surface area contributed by atoms with E-state index in [-0.39, 0.29) is 0 Å². The molecule has 1 nitrogen and oxygen atoms in total. The highest BCUT2D eigenvalue weighted by molar-refractivity contribution is 7.26. The lowest BCUT2D eigenvalue weighted by molar-refractivity contribution is 1.30. The van der Waals surface area contributed by atoms with Gasteiger partial charge in [-0.05, 0) is 97.0 Å². The monoisotopic (exact) mass is 703 g/mol. The minimum atomic E-state index is 1.12. The Morgan fingerprint density at radius 3 is 1.65 bits per heavy atom. The Balaban J connectivity index is 1.04. The van der Waals surface area contributed by atoms with Crippen molar-refractivity contribution in [2.75, 3.05) is 4.90 Å². The minimum Gasteiger partial charge on any atom is -0.310 e. The predicted octanol–water partition coefficient (Wildman–Crippen LogP) is 15.5. The molecule has 252 valence electrons. The van der Waals surface area contributed by atoms with Crippen molar-refractivity contribution in [1.82, 2.24) is 0 Å². The summed E-state index contributed by atoms with van der Waals surface area (Å²) in [6, 6.07) is 73.4. The summed E-state index contributed by atoms with van der Waals surface area (Å²) in [6.07, 6.45) is 0. The van der Waals surface area contributed by atoms with E-state index >= 15 is 0 Å². The van der Waals surface area contributed by atoms with Crippen molar-refractivity contribution in [3.63, 3.8) is 0 Å². The first kappa shape index (κ1) is 30.8. The Morgan fingerprint density at radius 2 is 0.852 bits per heavy atom. The Bertz CT molecular complexity index is 3190. The summed E-state index contributed by atoms with van der Waals surface area (Å²) < 4.78 is 2.66. The number of hydrogen-bond donors (Lipinski definition) is 0. The van der Waals surface area contributed by atoms with Gasteiger partial charge in [-0.3, -0.25) is 0 Å². The minimum absolute atomic E-state index is 1.12. The zero-order chi connectivity index (χ0) is 35.6. The van der Waals surface area contributed by atoms with Crippen molar-refractivity contribution in [2.45, 2.75) is 0 Å². The van der Waals surface area contributed by atoms with Crippen LogP contribution in [0.2, 0.25) is 0 Å². The number of hydrogen-bond acceptors (Lipinski definition) is 2. The van der Waals surface area contributed by atoms with Gasteiger partial charge in [0.1, 0.15) is 0 Å². The lowest BCUT2D eigenvalue weighted by atomic mass is 9.94. The van der Waals surface area contributed by atoms with Gasteiger partial charge in [0, 0.05) is 42.3 Å². The second kappa shape index (κ2) is 12.4. The zero-order valence-electron chi connectivity index (χ0n) is 29.4. The molecule has 0 saturated heterocycles. The van der Waals surface area contributed by atoms with Crippen LogP contribution in [-0.4, -0.2) is 0 Å². The number of nitrogens with zero attached hydrogens (tertiary/aromatic N) is 1. The van der Waals surface area contributed by atoms with E-state index in [2.05, 4.69) is 205 Å². The van der Waals surface area contributed by atoms with Crippen LogP contribution >= 0.6 is 11.3 Å². The number of benzene rings is 10. The molecule has 0 aliphatic rings. The van der Waals surface area contributed by atoms with Crippen molar-refractivity contribution < 1.29 is 0 Å². The molecule has 54 heavy (non-hydrogen) atoms. The summed E-state index contributed by atoms with van der Waals surface area (Å²) in [7, 11) is 0. The summed E-state index contributed by atoms with van der Waals surface area (Å²) in [4.78, 5) is 2.41. The van der Waals surface area contributed by atoms with E-state index in [4.69, 9.17) is 0 Å². The average molecular weight is 704 g/mol. The highest BCUT2D eigenvalue weighted by Crippen LogP contribution is 2.45. The molecule has 0 amide bonds. The molecule has 0 saturated carbocycles. The maximum atomic E-state index is 2.41. The lowest BCUT2D eigenvalue weighted by Crippen LogP contribution is -2.10. The molecule has 0 aliphatic heterocycles. The highest BCUT2D eigenvalue weighted by Gasteiger charge is 2.18. The number of anilines is 3. The van der Waals surface area contributed by atoms with Gasteiger partial charge < -0.3 is 4.90 Å². The van der Waals surface area contributed by atoms with E-state index in [0.29, 0.717) is 0 Å². The second-order valence-corrected chi connectivity index (χ2v) is 15.1. The average Bonchev–Trinajstić information content (AvgIpc) is 3.64. The van der Waals surface area contributed by atoms with E-state index in [1.54, 1.807) is 0 Å². The predicted molar refractivity (Wildman–Crippen MR) is 235 cm³/mol. The van der Waals surface area contributed by atoms with E-state index in [9.17, 15) is 0 Å². The fourth-order valence-electron chi connectivity index (χ4n) is 8.40. The summed E-state index contributed by atoms with van der Waals surface area (Å²) in [5.41, 5.74) is 8.24. The van der Waals surface area contributed by atoms with E-state index < -0.39 is 0 Å². The SMILES string of the molecule is c1ccc(-c2ccc(N(c3ccc(-c4ccc5c(ccc6ccc7ccccc7c65)c4)cc3)c3cccc4c3ccc3c5ccccc5sc43)cc2)cc1. The maximum absolute atomic E-state index is 2.41. The number of rotatable bonds is 5. The van der Waals surface area contributed by atoms with Gasteiger partial charge in [-0.2, -0.15) is 0 Å². The van der Waals surface area contributed by atoms with Gasteiger partial charge in [0.25, 0.3) is 0 Å². The first-order chi connectivity index (χ1) is 26.8. The molecule has 11 aromatic rings. The standard InChI is InChI=1S/C52H33NS/c1-2-9-34(10-3-1)35-21-26-41(27-22-35)53(49-15-8-14-47-45(49)31-32-48-46-13-6-7-16-50(46)54-52(47)48)42-28-23-36(24-29-42)39-25-30-44-40(33-39)20-19-38-18-17-37-11-4-5-12-43(37)51(38)44/h1-33H. The summed E-state index contributed by atoms with van der Waals surface area (Å²) in [6.45, 7) is 0. The van der Waals surface area contributed by atoms with Crippen LogP contribution in [0.4, 0.5) is 17.1 Å².